The number of ketones is 1. The quantitative estimate of drug-likeness (QED) is 0.303. The van der Waals surface area contributed by atoms with Crippen molar-refractivity contribution >= 4 is 17.4 Å². The predicted molar refractivity (Wildman–Crippen MR) is 132 cm³/mol. The Morgan fingerprint density at radius 3 is 2.18 bits per heavy atom. The first-order chi connectivity index (χ1) is 16.4. The van der Waals surface area contributed by atoms with Gasteiger partial charge in [0, 0.05) is 12.1 Å². The predicted octanol–water partition coefficient (Wildman–Crippen LogP) is 4.25. The monoisotopic (exact) mass is 466 g/mol. The maximum absolute atomic E-state index is 13.1. The number of aliphatic hydroxyl groups excluding tert-OH is 1. The van der Waals surface area contributed by atoms with E-state index in [1.165, 1.54) is 0 Å². The van der Waals surface area contributed by atoms with Crippen molar-refractivity contribution in [2.24, 2.45) is 0 Å². The van der Waals surface area contributed by atoms with Gasteiger partial charge in [-0.25, -0.2) is 0 Å². The van der Waals surface area contributed by atoms with E-state index in [0.29, 0.717) is 43.2 Å². The van der Waals surface area contributed by atoms with Gasteiger partial charge in [-0.05, 0) is 82.4 Å². The van der Waals surface area contributed by atoms with Crippen molar-refractivity contribution in [1.29, 1.82) is 0 Å². The Hall–Kier alpha value is -3.32. The van der Waals surface area contributed by atoms with Crippen molar-refractivity contribution < 1.29 is 24.2 Å². The number of rotatable bonds is 11. The van der Waals surface area contributed by atoms with Gasteiger partial charge >= 0.3 is 0 Å². The Kier molecular flexibility index (Phi) is 8.71. The number of hydrogen-bond acceptors (Lipinski definition) is 6. The Morgan fingerprint density at radius 1 is 0.971 bits per heavy atom. The van der Waals surface area contributed by atoms with Crippen molar-refractivity contribution in [2.75, 3.05) is 40.4 Å². The molecule has 1 fully saturated rings. The molecule has 2 aromatic rings. The van der Waals surface area contributed by atoms with E-state index in [-0.39, 0.29) is 11.3 Å². The first-order valence-electron chi connectivity index (χ1n) is 11.8. The second kappa shape index (κ2) is 11.7. The maximum Gasteiger partial charge on any atom is 0.295 e. The topological polar surface area (TPSA) is 79.3 Å². The summed E-state index contributed by atoms with van der Waals surface area (Å²) in [5.41, 5.74) is 1.31. The molecule has 0 spiro atoms. The number of ether oxygens (including phenoxy) is 2. The van der Waals surface area contributed by atoms with Crippen LogP contribution in [0.1, 0.15) is 43.9 Å². The van der Waals surface area contributed by atoms with Crippen LogP contribution in [0.5, 0.6) is 11.5 Å². The summed E-state index contributed by atoms with van der Waals surface area (Å²) in [7, 11) is 3.93. The molecule has 0 bridgehead atoms. The van der Waals surface area contributed by atoms with Gasteiger partial charge in [0.2, 0.25) is 0 Å². The van der Waals surface area contributed by atoms with Crippen LogP contribution in [0.4, 0.5) is 0 Å². The van der Waals surface area contributed by atoms with Crippen molar-refractivity contribution in [3.8, 4) is 11.5 Å². The van der Waals surface area contributed by atoms with Gasteiger partial charge in [-0.2, -0.15) is 0 Å². The van der Waals surface area contributed by atoms with E-state index < -0.39 is 17.7 Å². The molecular formula is C27H34N2O5. The van der Waals surface area contributed by atoms with E-state index in [2.05, 4.69) is 0 Å². The van der Waals surface area contributed by atoms with Gasteiger partial charge in [0.1, 0.15) is 17.3 Å². The first-order valence-corrected chi connectivity index (χ1v) is 11.8. The summed E-state index contributed by atoms with van der Waals surface area (Å²) in [5, 5.41) is 11.2. The molecule has 7 heteroatoms. The zero-order valence-electron chi connectivity index (χ0n) is 20.4. The lowest BCUT2D eigenvalue weighted by atomic mass is 9.95. The molecule has 1 amide bonds. The van der Waals surface area contributed by atoms with Crippen LogP contribution in [0, 0.1) is 0 Å². The van der Waals surface area contributed by atoms with Crippen molar-refractivity contribution in [3.63, 3.8) is 0 Å². The van der Waals surface area contributed by atoms with E-state index in [4.69, 9.17) is 9.47 Å². The summed E-state index contributed by atoms with van der Waals surface area (Å²) >= 11 is 0. The van der Waals surface area contributed by atoms with E-state index in [1.807, 2.05) is 57.1 Å². The minimum absolute atomic E-state index is 0.0984. The van der Waals surface area contributed by atoms with E-state index in [0.717, 1.165) is 18.5 Å². The Labute approximate surface area is 201 Å². The minimum atomic E-state index is -0.674. The molecule has 0 aromatic heterocycles. The van der Waals surface area contributed by atoms with Gasteiger partial charge in [-0.1, -0.05) is 19.1 Å². The van der Waals surface area contributed by atoms with Crippen LogP contribution >= 0.6 is 0 Å². The average molecular weight is 467 g/mol. The lowest BCUT2D eigenvalue weighted by Crippen LogP contribution is -2.32. The molecule has 1 aliphatic heterocycles. The van der Waals surface area contributed by atoms with Crippen molar-refractivity contribution in [2.45, 2.75) is 32.7 Å². The molecule has 1 N–H and O–H groups in total. The lowest BCUT2D eigenvalue weighted by Gasteiger charge is -2.26. The molecule has 1 unspecified atom stereocenters. The average Bonchev–Trinajstić information content (AvgIpc) is 3.08. The maximum atomic E-state index is 13.1. The molecule has 2 aromatic carbocycles. The second-order valence-electron chi connectivity index (χ2n) is 8.52. The van der Waals surface area contributed by atoms with Gasteiger partial charge in [0.15, 0.2) is 0 Å². The highest BCUT2D eigenvalue weighted by Crippen LogP contribution is 2.40. The number of aliphatic hydroxyl groups is 1. The molecule has 0 radical (unpaired) electrons. The third-order valence-corrected chi connectivity index (χ3v) is 5.65. The lowest BCUT2D eigenvalue weighted by molar-refractivity contribution is -0.139. The highest BCUT2D eigenvalue weighted by molar-refractivity contribution is 6.46. The van der Waals surface area contributed by atoms with E-state index in [9.17, 15) is 14.7 Å². The summed E-state index contributed by atoms with van der Waals surface area (Å²) in [6.45, 7) is 6.26. The van der Waals surface area contributed by atoms with Crippen LogP contribution in [0.2, 0.25) is 0 Å². The third-order valence-electron chi connectivity index (χ3n) is 5.65. The molecule has 3 rings (SSSR count). The van der Waals surface area contributed by atoms with Crippen LogP contribution in [0.3, 0.4) is 0 Å². The zero-order chi connectivity index (χ0) is 24.7. The van der Waals surface area contributed by atoms with Gasteiger partial charge in [-0.15, -0.1) is 0 Å². The van der Waals surface area contributed by atoms with Crippen molar-refractivity contribution in [1.82, 2.24) is 9.80 Å². The first kappa shape index (κ1) is 25.3. The molecule has 1 atom stereocenters. The number of Topliss-reactive ketones (excluding diaryl/α,β-unsaturated/α-hetero) is 1. The van der Waals surface area contributed by atoms with E-state index in [1.54, 1.807) is 29.2 Å². The second-order valence-corrected chi connectivity index (χ2v) is 8.52. The fourth-order valence-electron chi connectivity index (χ4n) is 4.01. The highest BCUT2D eigenvalue weighted by atomic mass is 16.5. The summed E-state index contributed by atoms with van der Waals surface area (Å²) < 4.78 is 11.2. The zero-order valence-corrected chi connectivity index (χ0v) is 20.4. The molecule has 34 heavy (non-hydrogen) atoms. The normalized spacial score (nSPS) is 17.4. The number of benzene rings is 2. The van der Waals surface area contributed by atoms with Gasteiger partial charge in [0.05, 0.1) is 24.8 Å². The molecule has 1 aliphatic rings. The number of carbonyl (C=O) groups is 2. The highest BCUT2D eigenvalue weighted by Gasteiger charge is 2.45. The summed E-state index contributed by atoms with van der Waals surface area (Å²) in [6.07, 6.45) is 1.60. The Morgan fingerprint density at radius 2 is 1.59 bits per heavy atom. The fourth-order valence-corrected chi connectivity index (χ4v) is 4.01. The smallest absolute Gasteiger partial charge is 0.295 e. The molecule has 182 valence electrons. The van der Waals surface area contributed by atoms with Gasteiger partial charge in [-0.3, -0.25) is 9.59 Å². The third kappa shape index (κ3) is 5.78. The number of carbonyl (C=O) groups excluding carboxylic acids is 2. The SMILES string of the molecule is CCCOc1ccc(/C(O)=C2\C(=O)C(=O)N(CCCN(C)C)C2c2ccc(OCC)cc2)cc1. The molecular weight excluding hydrogens is 432 g/mol. The molecule has 1 saturated heterocycles. The largest absolute Gasteiger partial charge is 0.507 e. The molecule has 7 nitrogen and oxygen atoms in total. The van der Waals surface area contributed by atoms with Gasteiger partial charge < -0.3 is 24.4 Å². The standard InChI is InChI=1S/C27H34N2O5/c1-5-18-34-22-14-10-20(11-15-22)25(30)23-24(19-8-12-21(13-9-19)33-6-2)29(27(32)26(23)31)17-7-16-28(3)4/h8-15,24,30H,5-7,16-18H2,1-4H3/b25-23+. The number of likely N-dealkylation sites (tertiary alicyclic amines) is 1. The van der Waals surface area contributed by atoms with Crippen LogP contribution in [-0.2, 0) is 9.59 Å². The number of amides is 1. The molecule has 1 heterocycles. The fraction of sp³-hybridized carbons (Fsp3) is 0.407. The van der Waals surface area contributed by atoms with Crippen LogP contribution in [-0.4, -0.2) is 67.0 Å². The van der Waals surface area contributed by atoms with Gasteiger partial charge in [0.25, 0.3) is 11.7 Å². The van der Waals surface area contributed by atoms with Crippen LogP contribution in [0.25, 0.3) is 5.76 Å². The Bertz CT molecular complexity index is 1010. The van der Waals surface area contributed by atoms with Crippen LogP contribution < -0.4 is 9.47 Å². The molecule has 0 aliphatic carbocycles. The van der Waals surface area contributed by atoms with E-state index >= 15 is 0 Å². The number of hydrogen-bond donors (Lipinski definition) is 1. The minimum Gasteiger partial charge on any atom is -0.507 e. The summed E-state index contributed by atoms with van der Waals surface area (Å²) in [5.74, 6) is -0.0619. The number of nitrogens with zero attached hydrogens (tertiary/aromatic N) is 2. The summed E-state index contributed by atoms with van der Waals surface area (Å²) in [4.78, 5) is 29.7. The Balaban J connectivity index is 2.01. The van der Waals surface area contributed by atoms with Crippen molar-refractivity contribution in [3.05, 3.63) is 65.2 Å². The van der Waals surface area contributed by atoms with Crippen LogP contribution in [0.15, 0.2) is 54.1 Å². The summed E-state index contributed by atoms with van der Waals surface area (Å²) in [6, 6.07) is 13.6. The molecule has 0 saturated carbocycles.